The lowest BCUT2D eigenvalue weighted by molar-refractivity contribution is 0.645. The summed E-state index contributed by atoms with van der Waals surface area (Å²) in [6, 6.07) is 31.4. The van der Waals surface area contributed by atoms with E-state index in [1.54, 1.807) is 0 Å². The summed E-state index contributed by atoms with van der Waals surface area (Å²) in [6.07, 6.45) is 2.37. The predicted octanol–water partition coefficient (Wildman–Crippen LogP) is 7.85. The fourth-order valence-corrected chi connectivity index (χ4v) is 6.15. The number of benzene rings is 4. The highest BCUT2D eigenvalue weighted by atomic mass is 32.2. The van der Waals surface area contributed by atoms with Crippen LogP contribution in [0.25, 0.3) is 21.9 Å². The van der Waals surface area contributed by atoms with Gasteiger partial charge in [0.15, 0.2) is 0 Å². The van der Waals surface area contributed by atoms with Crippen molar-refractivity contribution in [3.05, 3.63) is 107 Å². The molecule has 0 nitrogen and oxygen atoms in total. The lowest BCUT2D eigenvalue weighted by Crippen LogP contribution is -2.14. The minimum atomic E-state index is 0.535. The minimum Gasteiger partial charge on any atom is -0.0888 e. The van der Waals surface area contributed by atoms with Crippen molar-refractivity contribution in [2.24, 2.45) is 5.92 Å². The maximum atomic E-state index is 2.42. The first-order valence-corrected chi connectivity index (χ1v) is 11.2. The van der Waals surface area contributed by atoms with Gasteiger partial charge < -0.3 is 0 Å². The Morgan fingerprint density at radius 3 is 2.14 bits per heavy atom. The van der Waals surface area contributed by atoms with Crippen molar-refractivity contribution < 1.29 is 0 Å². The molecule has 0 unspecified atom stereocenters. The third kappa shape index (κ3) is 2.61. The fourth-order valence-electron chi connectivity index (χ4n) is 5.06. The van der Waals surface area contributed by atoms with E-state index in [0.29, 0.717) is 5.92 Å². The smallest absolute Gasteiger partial charge is 0.0201 e. The zero-order valence-corrected chi connectivity index (χ0v) is 17.3. The van der Waals surface area contributed by atoms with Gasteiger partial charge in [-0.1, -0.05) is 91.5 Å². The summed E-state index contributed by atoms with van der Waals surface area (Å²) in [4.78, 5) is 2.74. The van der Waals surface area contributed by atoms with Crippen molar-refractivity contribution in [2.45, 2.75) is 29.6 Å². The first-order valence-electron chi connectivity index (χ1n) is 10.4. The number of fused-ring (bicyclic) bond motifs is 5. The molecule has 4 aromatic carbocycles. The predicted molar refractivity (Wildman–Crippen MR) is 124 cm³/mol. The Morgan fingerprint density at radius 2 is 1.38 bits per heavy atom. The Morgan fingerprint density at radius 1 is 0.724 bits per heavy atom. The van der Waals surface area contributed by atoms with Crippen LogP contribution in [0.2, 0.25) is 0 Å². The van der Waals surface area contributed by atoms with Crippen LogP contribution in [0, 0.1) is 5.92 Å². The van der Waals surface area contributed by atoms with Crippen LogP contribution < -0.4 is 0 Å². The van der Waals surface area contributed by atoms with E-state index in [0.717, 1.165) is 6.42 Å². The van der Waals surface area contributed by atoms with Crippen molar-refractivity contribution in [3.63, 3.8) is 0 Å². The van der Waals surface area contributed by atoms with E-state index in [4.69, 9.17) is 0 Å². The Hall–Kier alpha value is -2.77. The van der Waals surface area contributed by atoms with Crippen LogP contribution in [-0.4, -0.2) is 0 Å². The van der Waals surface area contributed by atoms with Gasteiger partial charge in [-0.2, -0.15) is 0 Å². The minimum absolute atomic E-state index is 0.535. The molecule has 0 N–H and O–H groups in total. The number of aryl methyl sites for hydroxylation is 1. The lowest BCUT2D eigenvalue weighted by atomic mass is 9.74. The van der Waals surface area contributed by atoms with Gasteiger partial charge in [-0.05, 0) is 75.1 Å². The summed E-state index contributed by atoms with van der Waals surface area (Å²) in [5.41, 5.74) is 8.73. The van der Waals surface area contributed by atoms with Crippen molar-refractivity contribution in [1.82, 2.24) is 0 Å². The van der Waals surface area contributed by atoms with E-state index < -0.39 is 0 Å². The van der Waals surface area contributed by atoms with E-state index in [1.165, 1.54) is 60.4 Å². The number of allylic oxidation sites excluding steroid dienone is 1. The second-order valence-corrected chi connectivity index (χ2v) is 9.23. The van der Waals surface area contributed by atoms with Gasteiger partial charge in [0.2, 0.25) is 0 Å². The number of rotatable bonds is 0. The van der Waals surface area contributed by atoms with Gasteiger partial charge in [-0.25, -0.2) is 0 Å². The molecule has 0 saturated carbocycles. The Balaban J connectivity index is 1.78. The van der Waals surface area contributed by atoms with E-state index in [1.807, 2.05) is 11.8 Å². The molecule has 1 aliphatic heterocycles. The molecule has 1 atom stereocenters. The highest BCUT2D eigenvalue weighted by Gasteiger charge is 2.30. The summed E-state index contributed by atoms with van der Waals surface area (Å²) >= 11 is 1.90. The Bertz CT molecular complexity index is 1250. The summed E-state index contributed by atoms with van der Waals surface area (Å²) in [5.74, 6) is 0.535. The van der Waals surface area contributed by atoms with Crippen molar-refractivity contribution in [2.75, 3.05) is 0 Å². The van der Waals surface area contributed by atoms with Gasteiger partial charge in [0, 0.05) is 9.79 Å². The van der Waals surface area contributed by atoms with Crippen molar-refractivity contribution in [3.8, 4) is 0 Å². The van der Waals surface area contributed by atoms with Crippen molar-refractivity contribution >= 4 is 33.7 Å². The molecule has 0 fully saturated rings. The average molecular weight is 391 g/mol. The highest BCUT2D eigenvalue weighted by Crippen LogP contribution is 2.52. The molecule has 140 valence electrons. The summed E-state index contributed by atoms with van der Waals surface area (Å²) in [7, 11) is 0. The van der Waals surface area contributed by atoms with Crippen LogP contribution >= 0.6 is 11.8 Å². The molecule has 0 spiro atoms. The number of hydrogen-bond donors (Lipinski definition) is 0. The molecule has 1 aliphatic carbocycles. The molecule has 2 aliphatic rings. The summed E-state index contributed by atoms with van der Waals surface area (Å²) in [6.45, 7) is 2.42. The summed E-state index contributed by atoms with van der Waals surface area (Å²) in [5, 5.41) is 2.73. The molecule has 0 saturated heterocycles. The second-order valence-electron chi connectivity index (χ2n) is 8.14. The third-order valence-electron chi connectivity index (χ3n) is 6.43. The SMILES string of the molecule is C[C@H]1CCc2ccc3ccccc3c2C1=C1c2ccccc2Sc2ccccc21. The molecule has 0 amide bonds. The normalized spacial score (nSPS) is 17.6. The van der Waals surface area contributed by atoms with E-state index >= 15 is 0 Å². The van der Waals surface area contributed by atoms with Crippen LogP contribution in [0.1, 0.15) is 35.6 Å². The topological polar surface area (TPSA) is 0 Å². The lowest BCUT2D eigenvalue weighted by Gasteiger charge is -2.32. The Kier molecular flexibility index (Phi) is 3.92. The molecule has 0 radical (unpaired) electrons. The van der Waals surface area contributed by atoms with Gasteiger partial charge in [0.1, 0.15) is 0 Å². The first kappa shape index (κ1) is 17.1. The number of hydrogen-bond acceptors (Lipinski definition) is 1. The fraction of sp³-hybridized carbons (Fsp3) is 0.143. The maximum absolute atomic E-state index is 2.42. The zero-order valence-electron chi connectivity index (χ0n) is 16.5. The molecule has 4 aromatic rings. The zero-order chi connectivity index (χ0) is 19.4. The third-order valence-corrected chi connectivity index (χ3v) is 7.58. The standard InChI is InChI=1S/C28H22S/c1-18-14-15-20-17-16-19-8-2-3-9-21(19)27(20)26(18)28-22-10-4-6-12-24(22)29-25-13-7-5-11-23(25)28/h2-13,16-18H,14-15H2,1H3/t18-/m0/s1. The maximum Gasteiger partial charge on any atom is 0.0201 e. The molecule has 0 bridgehead atoms. The molecule has 1 heteroatoms. The molecular weight excluding hydrogens is 368 g/mol. The van der Waals surface area contributed by atoms with Crippen LogP contribution in [0.5, 0.6) is 0 Å². The average Bonchev–Trinajstić information content (AvgIpc) is 2.78. The molecule has 29 heavy (non-hydrogen) atoms. The van der Waals surface area contributed by atoms with Gasteiger partial charge in [0.25, 0.3) is 0 Å². The molecule has 0 aromatic heterocycles. The van der Waals surface area contributed by atoms with Crippen molar-refractivity contribution in [1.29, 1.82) is 0 Å². The first-order chi connectivity index (χ1) is 14.3. The van der Waals surface area contributed by atoms with Crippen LogP contribution in [0.4, 0.5) is 0 Å². The second kappa shape index (κ2) is 6.64. The molecule has 1 heterocycles. The van der Waals surface area contributed by atoms with E-state index in [-0.39, 0.29) is 0 Å². The monoisotopic (exact) mass is 390 g/mol. The van der Waals surface area contributed by atoms with Gasteiger partial charge >= 0.3 is 0 Å². The highest BCUT2D eigenvalue weighted by molar-refractivity contribution is 7.99. The van der Waals surface area contributed by atoms with Gasteiger partial charge in [-0.3, -0.25) is 0 Å². The molecular formula is C28H22S. The Labute approximate surface area is 176 Å². The van der Waals surface area contributed by atoms with Gasteiger partial charge in [-0.15, -0.1) is 0 Å². The van der Waals surface area contributed by atoms with E-state index in [2.05, 4.69) is 91.9 Å². The quantitative estimate of drug-likeness (QED) is 0.259. The van der Waals surface area contributed by atoms with Crippen LogP contribution in [0.3, 0.4) is 0 Å². The van der Waals surface area contributed by atoms with Crippen LogP contribution in [0.15, 0.2) is 94.7 Å². The molecule has 6 rings (SSSR count). The van der Waals surface area contributed by atoms with Gasteiger partial charge in [0.05, 0.1) is 0 Å². The largest absolute Gasteiger partial charge is 0.0888 e. The summed E-state index contributed by atoms with van der Waals surface area (Å²) < 4.78 is 0. The van der Waals surface area contributed by atoms with Crippen LogP contribution in [-0.2, 0) is 6.42 Å². The van der Waals surface area contributed by atoms with E-state index in [9.17, 15) is 0 Å².